The van der Waals surface area contributed by atoms with Crippen LogP contribution in [0.2, 0.25) is 0 Å². The van der Waals surface area contributed by atoms with E-state index >= 15 is 0 Å². The summed E-state index contributed by atoms with van der Waals surface area (Å²) in [5, 5.41) is 0. The van der Waals surface area contributed by atoms with E-state index in [0.29, 0.717) is 0 Å². The molecule has 2 rings (SSSR count). The summed E-state index contributed by atoms with van der Waals surface area (Å²) in [5.41, 5.74) is -17.0. The van der Waals surface area contributed by atoms with E-state index in [9.17, 15) is 83.4 Å². The number of hydrogen-bond donors (Lipinski definition) is 0. The number of alkyl halides is 19. The van der Waals surface area contributed by atoms with Crippen LogP contribution in [0.3, 0.4) is 0 Å². The van der Waals surface area contributed by atoms with E-state index in [2.05, 4.69) is 0 Å². The first-order chi connectivity index (χ1) is 12.6. The lowest BCUT2D eigenvalue weighted by molar-refractivity contribution is -0.548. The molecule has 0 radical (unpaired) electrons. The molecule has 2 aliphatic rings. The number of hydrogen-bond acceptors (Lipinski definition) is 0. The normalized spacial score (nSPS) is 42.3. The van der Waals surface area contributed by atoms with Gasteiger partial charge in [-0.1, -0.05) is 0 Å². The second-order valence-corrected chi connectivity index (χ2v) is 6.41. The lowest BCUT2D eigenvalue weighted by Gasteiger charge is -2.63. The molecule has 0 amide bonds. The molecular weight excluding hydrogens is 493 g/mol. The van der Waals surface area contributed by atoms with Crippen molar-refractivity contribution in [2.45, 2.75) is 59.0 Å². The highest BCUT2D eigenvalue weighted by molar-refractivity contribution is 5.40. The third-order valence-corrected chi connectivity index (χ3v) is 4.91. The van der Waals surface area contributed by atoms with Gasteiger partial charge in [-0.25, -0.2) is 8.78 Å². The van der Waals surface area contributed by atoms with E-state index in [1.54, 1.807) is 0 Å². The van der Waals surface area contributed by atoms with Crippen molar-refractivity contribution < 1.29 is 83.4 Å². The fourth-order valence-corrected chi connectivity index (χ4v) is 3.38. The Morgan fingerprint density at radius 2 is 0.700 bits per heavy atom. The molecule has 2 fully saturated rings. The van der Waals surface area contributed by atoms with E-state index in [-0.39, 0.29) is 0 Å². The smallest absolute Gasteiger partial charge is 0.232 e. The molecule has 0 aromatic heterocycles. The zero-order valence-corrected chi connectivity index (χ0v) is 12.8. The van der Waals surface area contributed by atoms with Gasteiger partial charge in [-0.3, -0.25) is 0 Å². The Labute approximate surface area is 150 Å². The van der Waals surface area contributed by atoms with Crippen molar-refractivity contribution in [3.63, 3.8) is 0 Å². The van der Waals surface area contributed by atoms with Crippen molar-refractivity contribution in [2.24, 2.45) is 5.92 Å². The van der Waals surface area contributed by atoms with Crippen molar-refractivity contribution >= 4 is 0 Å². The maximum atomic E-state index is 14.6. The predicted octanol–water partition coefficient (Wildman–Crippen LogP) is 6.06. The number of rotatable bonds is 0. The van der Waals surface area contributed by atoms with Crippen LogP contribution in [0.25, 0.3) is 0 Å². The topological polar surface area (TPSA) is 0 Å². The molecule has 3 atom stereocenters. The minimum Gasteiger partial charge on any atom is -0.232 e. The Morgan fingerprint density at radius 1 is 0.400 bits per heavy atom. The van der Waals surface area contributed by atoms with Crippen LogP contribution >= 0.6 is 0 Å². The van der Waals surface area contributed by atoms with Crippen LogP contribution in [-0.2, 0) is 0 Å². The molecule has 3 unspecified atom stereocenters. The molecule has 0 aromatic carbocycles. The average Bonchev–Trinajstić information content (AvgIpc) is 2.48. The van der Waals surface area contributed by atoms with E-state index in [0.717, 1.165) is 0 Å². The average molecular weight is 494 g/mol. The molecule has 19 heteroatoms. The summed E-state index contributed by atoms with van der Waals surface area (Å²) in [6, 6.07) is 0. The zero-order chi connectivity index (χ0) is 24.6. The number of fused-ring (bicyclic) bond motifs is 1. The van der Waals surface area contributed by atoms with Crippen molar-refractivity contribution in [1.29, 1.82) is 0 Å². The van der Waals surface area contributed by atoms with Gasteiger partial charge in [0.2, 0.25) is 5.67 Å². The molecule has 178 valence electrons. The maximum Gasteiger partial charge on any atom is 0.401 e. The second kappa shape index (κ2) is 5.17. The van der Waals surface area contributed by atoms with Crippen molar-refractivity contribution in [3.8, 4) is 0 Å². The lowest BCUT2D eigenvalue weighted by Crippen LogP contribution is -2.96. The largest absolute Gasteiger partial charge is 0.401 e. The van der Waals surface area contributed by atoms with Gasteiger partial charge < -0.3 is 0 Å². The van der Waals surface area contributed by atoms with Gasteiger partial charge in [0.1, 0.15) is 0 Å². The molecule has 0 heterocycles. The van der Waals surface area contributed by atoms with Crippen LogP contribution in [0, 0.1) is 5.92 Å². The fourth-order valence-electron chi connectivity index (χ4n) is 3.38. The Hall–Kier alpha value is -1.33. The minimum atomic E-state index is -8.62. The Kier molecular flexibility index (Phi) is 4.30. The summed E-state index contributed by atoms with van der Waals surface area (Å²) >= 11 is 0. The number of halogens is 19. The van der Waals surface area contributed by atoms with Gasteiger partial charge in [0.05, 0.1) is 0 Å². The maximum absolute atomic E-state index is 14.6. The summed E-state index contributed by atoms with van der Waals surface area (Å²) in [6.45, 7) is 0. The molecule has 0 aromatic rings. The molecule has 30 heavy (non-hydrogen) atoms. The van der Waals surface area contributed by atoms with Gasteiger partial charge in [0, 0.05) is 0 Å². The summed E-state index contributed by atoms with van der Waals surface area (Å²) in [6.07, 6.45) is -7.85. The monoisotopic (exact) mass is 494 g/mol. The molecule has 0 spiro atoms. The van der Waals surface area contributed by atoms with Crippen LogP contribution in [0.1, 0.15) is 0 Å². The molecule has 0 N–H and O–H groups in total. The first-order valence-electron chi connectivity index (χ1n) is 6.71. The van der Waals surface area contributed by atoms with Crippen LogP contribution in [0.5, 0.6) is 0 Å². The minimum absolute atomic E-state index is 7.06. The highest BCUT2D eigenvalue weighted by Gasteiger charge is 3.12. The molecular formula is C11HF19. The van der Waals surface area contributed by atoms with Crippen molar-refractivity contribution in [2.75, 3.05) is 0 Å². The van der Waals surface area contributed by atoms with E-state index in [4.69, 9.17) is 0 Å². The Bertz CT molecular complexity index is 734. The molecule has 2 aliphatic carbocycles. The summed E-state index contributed by atoms with van der Waals surface area (Å²) in [4.78, 5) is 0. The van der Waals surface area contributed by atoms with E-state index in [1.807, 2.05) is 0 Å². The van der Waals surface area contributed by atoms with Crippen molar-refractivity contribution in [3.05, 3.63) is 0 Å². The molecule has 2 saturated carbocycles. The highest BCUT2D eigenvalue weighted by Crippen LogP contribution is 2.80. The van der Waals surface area contributed by atoms with Crippen molar-refractivity contribution in [1.82, 2.24) is 0 Å². The molecule has 0 saturated heterocycles. The predicted molar refractivity (Wildman–Crippen MR) is 51.9 cm³/mol. The second-order valence-electron chi connectivity index (χ2n) is 6.41. The zero-order valence-electron chi connectivity index (χ0n) is 12.8. The van der Waals surface area contributed by atoms with Crippen LogP contribution in [-0.4, -0.2) is 59.0 Å². The summed E-state index contributed by atoms with van der Waals surface area (Å²) in [5.74, 6) is -65.3. The third kappa shape index (κ3) is 1.84. The SMILES string of the molecule is FC(F)(F)C1C(F)(F)C(F)(F)C(F)(F)C2(F)C(F)(F)C(F)(F)C(F)(F)C(F)(F)C12F. The third-order valence-electron chi connectivity index (χ3n) is 4.91. The van der Waals surface area contributed by atoms with E-state index < -0.39 is 64.9 Å². The highest BCUT2D eigenvalue weighted by atomic mass is 19.4. The van der Waals surface area contributed by atoms with Gasteiger partial charge in [-0.05, 0) is 0 Å². The first kappa shape index (κ1) is 24.9. The van der Waals surface area contributed by atoms with Crippen LogP contribution in [0.4, 0.5) is 83.4 Å². The summed E-state index contributed by atoms with van der Waals surface area (Å²) < 4.78 is 256. The summed E-state index contributed by atoms with van der Waals surface area (Å²) in [7, 11) is 0. The molecule has 0 nitrogen and oxygen atoms in total. The van der Waals surface area contributed by atoms with E-state index in [1.165, 1.54) is 0 Å². The van der Waals surface area contributed by atoms with Gasteiger partial charge in [0.15, 0.2) is 5.92 Å². The quantitative estimate of drug-likeness (QED) is 0.360. The standard InChI is InChI=1S/C11HF19/c12-2-1(4(15,16)17)3(13,14)7(21,22)8(23,24)5(2,18)9(25,26)11(29,30)10(27,28)6(2,19)20/h1H. The Morgan fingerprint density at radius 3 is 1.03 bits per heavy atom. The van der Waals surface area contributed by atoms with Gasteiger partial charge in [-0.2, -0.15) is 74.6 Å². The molecule has 0 bridgehead atoms. The van der Waals surface area contributed by atoms with Crippen LogP contribution in [0.15, 0.2) is 0 Å². The first-order valence-corrected chi connectivity index (χ1v) is 6.71. The van der Waals surface area contributed by atoms with Gasteiger partial charge >= 0.3 is 47.6 Å². The lowest BCUT2D eigenvalue weighted by atomic mass is 9.52. The van der Waals surface area contributed by atoms with Gasteiger partial charge in [-0.15, -0.1) is 0 Å². The Balaban J connectivity index is 3.26. The van der Waals surface area contributed by atoms with Gasteiger partial charge in [0.25, 0.3) is 5.67 Å². The van der Waals surface area contributed by atoms with Crippen LogP contribution < -0.4 is 0 Å². The molecule has 0 aliphatic heterocycles. The fraction of sp³-hybridized carbons (Fsp3) is 1.00.